The fraction of sp³-hybridized carbons (Fsp3) is 0.708. The molecule has 0 aliphatic carbocycles. The molecule has 4 rings (SSSR count). The van der Waals surface area contributed by atoms with E-state index < -0.39 is 29.6 Å². The Morgan fingerprint density at radius 2 is 1.72 bits per heavy atom. The molecule has 0 radical (unpaired) electrons. The van der Waals surface area contributed by atoms with Gasteiger partial charge in [-0.25, -0.2) is 0 Å². The zero-order valence-electron chi connectivity index (χ0n) is 19.1. The highest BCUT2D eigenvalue weighted by Crippen LogP contribution is 2.53. The standard InChI is InChI=1S/C24H35N3O5/c1-3-5-6-12-26-14-8-10-24-19(22(30)27(15-16-28)20(24)23(26)31)18-17(32-24)9-7-13-25(11-4-2)21(18)29/h7-10,17-20,28H,3-6,11-16H2,1-2H3/t17-,18+,19-,20?,24-/m0/s1. The fourth-order valence-corrected chi connectivity index (χ4v) is 5.81. The van der Waals surface area contributed by atoms with E-state index in [1.54, 1.807) is 9.80 Å². The molecule has 32 heavy (non-hydrogen) atoms. The Morgan fingerprint density at radius 1 is 0.969 bits per heavy atom. The number of likely N-dealkylation sites (tertiary alicyclic amines) is 1. The van der Waals surface area contributed by atoms with Gasteiger partial charge in [-0.3, -0.25) is 14.4 Å². The molecular weight excluding hydrogens is 410 g/mol. The maximum absolute atomic E-state index is 13.7. The second-order valence-corrected chi connectivity index (χ2v) is 9.20. The monoisotopic (exact) mass is 445 g/mol. The molecule has 3 amide bonds. The van der Waals surface area contributed by atoms with Crippen LogP contribution in [0.25, 0.3) is 0 Å². The van der Waals surface area contributed by atoms with E-state index >= 15 is 0 Å². The summed E-state index contributed by atoms with van der Waals surface area (Å²) in [6, 6.07) is -0.861. The smallest absolute Gasteiger partial charge is 0.249 e. The average molecular weight is 446 g/mol. The largest absolute Gasteiger partial charge is 0.395 e. The number of hydrogen-bond acceptors (Lipinski definition) is 5. The molecule has 1 unspecified atom stereocenters. The van der Waals surface area contributed by atoms with Gasteiger partial charge in [-0.05, 0) is 12.8 Å². The molecule has 0 aromatic rings. The van der Waals surface area contributed by atoms with Crippen molar-refractivity contribution in [1.82, 2.24) is 14.7 Å². The van der Waals surface area contributed by atoms with Crippen LogP contribution in [0.5, 0.6) is 0 Å². The summed E-state index contributed by atoms with van der Waals surface area (Å²) in [7, 11) is 0. The predicted octanol–water partition coefficient (Wildman–Crippen LogP) is 0.957. The lowest BCUT2D eigenvalue weighted by molar-refractivity contribution is -0.148. The third-order valence-corrected chi connectivity index (χ3v) is 7.19. The van der Waals surface area contributed by atoms with E-state index in [0.29, 0.717) is 26.2 Å². The molecule has 4 heterocycles. The molecule has 4 aliphatic rings. The number of rotatable bonds is 8. The molecular formula is C24H35N3O5. The minimum Gasteiger partial charge on any atom is -0.395 e. The Hall–Kier alpha value is -2.19. The highest BCUT2D eigenvalue weighted by molar-refractivity contribution is 5.99. The zero-order valence-corrected chi connectivity index (χ0v) is 19.1. The van der Waals surface area contributed by atoms with Crippen molar-refractivity contribution in [2.24, 2.45) is 11.8 Å². The van der Waals surface area contributed by atoms with Crippen molar-refractivity contribution in [3.05, 3.63) is 24.3 Å². The first kappa shape index (κ1) is 23.0. The maximum atomic E-state index is 13.7. The van der Waals surface area contributed by atoms with Crippen LogP contribution in [0.2, 0.25) is 0 Å². The van der Waals surface area contributed by atoms with Crippen LogP contribution in [0.3, 0.4) is 0 Å². The lowest BCUT2D eigenvalue weighted by Gasteiger charge is -2.35. The third kappa shape index (κ3) is 3.57. The molecule has 1 N–H and O–H groups in total. The predicted molar refractivity (Wildman–Crippen MR) is 118 cm³/mol. The lowest BCUT2D eigenvalue weighted by Crippen LogP contribution is -2.55. The van der Waals surface area contributed by atoms with E-state index in [0.717, 1.165) is 25.7 Å². The average Bonchev–Trinajstić information content (AvgIpc) is 3.09. The molecule has 8 nitrogen and oxygen atoms in total. The van der Waals surface area contributed by atoms with Gasteiger partial charge >= 0.3 is 0 Å². The first-order valence-corrected chi connectivity index (χ1v) is 12.0. The Labute approximate surface area is 189 Å². The summed E-state index contributed by atoms with van der Waals surface area (Å²) in [6.45, 7) is 6.13. The van der Waals surface area contributed by atoms with E-state index in [4.69, 9.17) is 4.74 Å². The minimum atomic E-state index is -1.19. The van der Waals surface area contributed by atoms with Crippen LogP contribution in [0.15, 0.2) is 24.3 Å². The van der Waals surface area contributed by atoms with Gasteiger partial charge in [0.25, 0.3) is 0 Å². The second-order valence-electron chi connectivity index (χ2n) is 9.20. The van der Waals surface area contributed by atoms with E-state index in [-0.39, 0.29) is 30.9 Å². The maximum Gasteiger partial charge on any atom is 0.249 e. The van der Waals surface area contributed by atoms with Crippen LogP contribution in [0, 0.1) is 11.8 Å². The molecule has 0 bridgehead atoms. The fourth-order valence-electron chi connectivity index (χ4n) is 5.81. The summed E-state index contributed by atoms with van der Waals surface area (Å²) < 4.78 is 6.52. The normalized spacial score (nSPS) is 34.0. The van der Waals surface area contributed by atoms with Gasteiger partial charge in [-0.15, -0.1) is 0 Å². The van der Waals surface area contributed by atoms with Crippen LogP contribution >= 0.6 is 0 Å². The Bertz CT molecular complexity index is 811. The number of hydrogen-bond donors (Lipinski definition) is 1. The van der Waals surface area contributed by atoms with Crippen molar-refractivity contribution < 1.29 is 24.2 Å². The van der Waals surface area contributed by atoms with Gasteiger partial charge in [0.1, 0.15) is 11.6 Å². The number of nitrogens with zero attached hydrogens (tertiary/aromatic N) is 3. The van der Waals surface area contributed by atoms with Crippen molar-refractivity contribution in [1.29, 1.82) is 0 Å². The van der Waals surface area contributed by atoms with Crippen molar-refractivity contribution in [3.8, 4) is 0 Å². The first-order valence-electron chi connectivity index (χ1n) is 12.0. The summed E-state index contributed by atoms with van der Waals surface area (Å²) in [5.74, 6) is -1.96. The third-order valence-electron chi connectivity index (χ3n) is 7.19. The van der Waals surface area contributed by atoms with Crippen LogP contribution in [0.1, 0.15) is 39.5 Å². The second kappa shape index (κ2) is 9.35. The summed E-state index contributed by atoms with van der Waals surface area (Å²) in [4.78, 5) is 45.9. The van der Waals surface area contributed by atoms with Crippen LogP contribution in [-0.4, -0.2) is 94.6 Å². The molecule has 0 saturated carbocycles. The van der Waals surface area contributed by atoms with Crippen molar-refractivity contribution in [3.63, 3.8) is 0 Å². The van der Waals surface area contributed by atoms with Gasteiger partial charge in [0.15, 0.2) is 0 Å². The number of amides is 3. The molecule has 4 aliphatic heterocycles. The highest BCUT2D eigenvalue weighted by Gasteiger charge is 2.71. The van der Waals surface area contributed by atoms with Gasteiger partial charge in [0.2, 0.25) is 17.7 Å². The summed E-state index contributed by atoms with van der Waals surface area (Å²) in [5, 5.41) is 9.67. The molecule has 2 fully saturated rings. The van der Waals surface area contributed by atoms with Crippen molar-refractivity contribution in [2.45, 2.75) is 57.3 Å². The van der Waals surface area contributed by atoms with E-state index in [1.165, 1.54) is 4.90 Å². The van der Waals surface area contributed by atoms with Crippen LogP contribution in [0.4, 0.5) is 0 Å². The van der Waals surface area contributed by atoms with Gasteiger partial charge in [0, 0.05) is 32.7 Å². The van der Waals surface area contributed by atoms with Gasteiger partial charge in [-0.2, -0.15) is 0 Å². The van der Waals surface area contributed by atoms with E-state index in [2.05, 4.69) is 6.92 Å². The van der Waals surface area contributed by atoms with E-state index in [9.17, 15) is 19.5 Å². The number of fused-ring (bicyclic) bond motifs is 2. The number of unbranched alkanes of at least 4 members (excludes halogenated alkanes) is 2. The van der Waals surface area contributed by atoms with Crippen LogP contribution < -0.4 is 0 Å². The first-order chi connectivity index (χ1) is 15.5. The number of aliphatic hydroxyl groups is 1. The minimum absolute atomic E-state index is 0.0492. The number of carbonyl (C=O) groups excluding carboxylic acids is 3. The quantitative estimate of drug-likeness (QED) is 0.444. The van der Waals surface area contributed by atoms with Crippen molar-refractivity contribution in [2.75, 3.05) is 39.3 Å². The molecule has 0 aromatic heterocycles. The number of carbonyl (C=O) groups is 3. The Morgan fingerprint density at radius 3 is 2.44 bits per heavy atom. The number of ether oxygens (including phenoxy) is 1. The van der Waals surface area contributed by atoms with Gasteiger partial charge in [-0.1, -0.05) is 51.0 Å². The topological polar surface area (TPSA) is 90.4 Å². The Balaban J connectivity index is 1.73. The number of β-amino-alcohol motifs (C(OH)–C–C–N with tert-alkyl or cyclic N) is 1. The lowest BCUT2D eigenvalue weighted by atomic mass is 9.77. The van der Waals surface area contributed by atoms with E-state index in [1.807, 2.05) is 31.2 Å². The summed E-state index contributed by atoms with van der Waals surface area (Å²) in [5.41, 5.74) is -1.19. The summed E-state index contributed by atoms with van der Waals surface area (Å²) >= 11 is 0. The zero-order chi connectivity index (χ0) is 22.9. The summed E-state index contributed by atoms with van der Waals surface area (Å²) in [6.07, 6.45) is 10.8. The molecule has 5 atom stereocenters. The van der Waals surface area contributed by atoms with Gasteiger partial charge in [0.05, 0.1) is 24.5 Å². The highest BCUT2D eigenvalue weighted by atomic mass is 16.5. The molecule has 176 valence electrons. The SMILES string of the molecule is CCCCCN1CC=C[C@]23O[C@H]4C=CCN(CCC)C(=O)[C@H]4[C@H]2C(=O)N(CCO)C3C1=O. The van der Waals surface area contributed by atoms with Gasteiger partial charge < -0.3 is 24.5 Å². The molecule has 2 saturated heterocycles. The molecule has 0 aromatic carbocycles. The van der Waals surface area contributed by atoms with Crippen molar-refractivity contribution >= 4 is 17.7 Å². The molecule has 1 spiro atoms. The molecule has 8 heteroatoms. The van der Waals surface area contributed by atoms with Crippen LogP contribution in [-0.2, 0) is 19.1 Å². The Kier molecular flexibility index (Phi) is 6.72. The number of aliphatic hydroxyl groups excluding tert-OH is 1.